The van der Waals surface area contributed by atoms with Gasteiger partial charge in [-0.3, -0.25) is 5.41 Å². The van der Waals surface area contributed by atoms with Crippen molar-refractivity contribution in [3.8, 4) is 0 Å². The molecule has 8 heteroatoms. The highest BCUT2D eigenvalue weighted by atomic mass is 32.2. The number of nitrogens with two attached hydrogens (primary N) is 1. The van der Waals surface area contributed by atoms with Crippen molar-refractivity contribution in [3.05, 3.63) is 35.4 Å². The first-order valence-corrected chi connectivity index (χ1v) is 6.07. The molecule has 17 heavy (non-hydrogen) atoms. The minimum atomic E-state index is -4.60. The molecule has 0 amide bonds. The van der Waals surface area contributed by atoms with Crippen LogP contribution in [-0.4, -0.2) is 20.0 Å². The van der Waals surface area contributed by atoms with Gasteiger partial charge in [-0.1, -0.05) is 18.2 Å². The first-order chi connectivity index (χ1) is 7.83. The largest absolute Gasteiger partial charge is 0.384 e. The maximum atomic E-state index is 12.0. The van der Waals surface area contributed by atoms with Gasteiger partial charge in [0.25, 0.3) is 10.0 Å². The molecule has 0 aliphatic heterocycles. The SMILES string of the molecule is N=C(N)c1cccc(CNS(=O)(=O)C(F)F)c1. The summed E-state index contributed by atoms with van der Waals surface area (Å²) >= 11 is 0. The van der Waals surface area contributed by atoms with Crippen LogP contribution in [0.3, 0.4) is 0 Å². The van der Waals surface area contributed by atoms with Gasteiger partial charge < -0.3 is 5.73 Å². The van der Waals surface area contributed by atoms with E-state index in [-0.39, 0.29) is 12.4 Å². The molecule has 0 saturated carbocycles. The summed E-state index contributed by atoms with van der Waals surface area (Å²) in [7, 11) is -4.60. The summed E-state index contributed by atoms with van der Waals surface area (Å²) in [6.45, 7) is -0.270. The van der Waals surface area contributed by atoms with Gasteiger partial charge in [-0.2, -0.15) is 8.78 Å². The van der Waals surface area contributed by atoms with E-state index in [0.29, 0.717) is 11.1 Å². The molecule has 0 unspecified atom stereocenters. The fourth-order valence-electron chi connectivity index (χ4n) is 1.10. The Hall–Kier alpha value is -1.54. The molecular weight excluding hydrogens is 252 g/mol. The van der Waals surface area contributed by atoms with Crippen LogP contribution < -0.4 is 10.5 Å². The lowest BCUT2D eigenvalue weighted by molar-refractivity contribution is 0.232. The Balaban J connectivity index is 2.77. The number of sulfonamides is 1. The van der Waals surface area contributed by atoms with Crippen molar-refractivity contribution in [1.82, 2.24) is 4.72 Å². The van der Waals surface area contributed by atoms with Crippen LogP contribution in [-0.2, 0) is 16.6 Å². The molecule has 1 aromatic carbocycles. The van der Waals surface area contributed by atoms with Gasteiger partial charge in [-0.05, 0) is 11.6 Å². The molecule has 0 atom stereocenters. The summed E-state index contributed by atoms with van der Waals surface area (Å²) in [5, 5.41) is 7.17. The van der Waals surface area contributed by atoms with E-state index in [1.165, 1.54) is 6.07 Å². The Morgan fingerprint density at radius 2 is 2.12 bits per heavy atom. The van der Waals surface area contributed by atoms with Crippen molar-refractivity contribution in [2.24, 2.45) is 5.73 Å². The first-order valence-electron chi connectivity index (χ1n) is 4.53. The van der Waals surface area contributed by atoms with E-state index in [1.807, 2.05) is 0 Å². The van der Waals surface area contributed by atoms with Crippen molar-refractivity contribution < 1.29 is 17.2 Å². The number of nitrogen functional groups attached to an aromatic ring is 1. The summed E-state index contributed by atoms with van der Waals surface area (Å²) in [6, 6.07) is 6.12. The standard InChI is InChI=1S/C9H11F2N3O2S/c10-9(11)17(15,16)14-5-6-2-1-3-7(4-6)8(12)13/h1-4,9,14H,5H2,(H3,12,13). The lowest BCUT2D eigenvalue weighted by Crippen LogP contribution is -2.29. The average Bonchev–Trinajstić information content (AvgIpc) is 2.26. The Kier molecular flexibility index (Phi) is 4.13. The molecule has 1 rings (SSSR count). The van der Waals surface area contributed by atoms with Crippen molar-refractivity contribution in [1.29, 1.82) is 5.41 Å². The van der Waals surface area contributed by atoms with Crippen molar-refractivity contribution >= 4 is 15.9 Å². The summed E-state index contributed by atoms with van der Waals surface area (Å²) in [5.74, 6) is -3.64. The van der Waals surface area contributed by atoms with E-state index in [9.17, 15) is 17.2 Å². The zero-order valence-electron chi connectivity index (χ0n) is 8.65. The van der Waals surface area contributed by atoms with Gasteiger partial charge in [0, 0.05) is 12.1 Å². The van der Waals surface area contributed by atoms with E-state index in [1.54, 1.807) is 22.9 Å². The molecule has 0 saturated heterocycles. The molecule has 0 heterocycles. The molecule has 94 valence electrons. The molecule has 0 bridgehead atoms. The number of hydrogen-bond acceptors (Lipinski definition) is 3. The minimum absolute atomic E-state index is 0.177. The molecule has 0 spiro atoms. The number of benzene rings is 1. The molecule has 4 N–H and O–H groups in total. The van der Waals surface area contributed by atoms with Crippen LogP contribution in [0.5, 0.6) is 0 Å². The number of amidine groups is 1. The normalized spacial score (nSPS) is 11.7. The predicted octanol–water partition coefficient (Wildman–Crippen LogP) is 0.613. The summed E-state index contributed by atoms with van der Waals surface area (Å²) < 4.78 is 47.4. The zero-order valence-corrected chi connectivity index (χ0v) is 9.47. The Bertz CT molecular complexity index is 517. The summed E-state index contributed by atoms with van der Waals surface area (Å²) in [6.07, 6.45) is 0. The molecule has 0 aliphatic rings. The first kappa shape index (κ1) is 13.5. The summed E-state index contributed by atoms with van der Waals surface area (Å²) in [5.41, 5.74) is 6.09. The van der Waals surface area contributed by atoms with Gasteiger partial charge in [0.1, 0.15) is 5.84 Å². The number of hydrogen-bond donors (Lipinski definition) is 3. The molecule has 0 aromatic heterocycles. The second-order valence-electron chi connectivity index (χ2n) is 3.24. The second-order valence-corrected chi connectivity index (χ2v) is 4.98. The minimum Gasteiger partial charge on any atom is -0.384 e. The highest BCUT2D eigenvalue weighted by Crippen LogP contribution is 2.07. The van der Waals surface area contributed by atoms with E-state index in [0.717, 1.165) is 0 Å². The zero-order chi connectivity index (χ0) is 13.1. The van der Waals surface area contributed by atoms with Crippen LogP contribution in [0.15, 0.2) is 24.3 Å². The van der Waals surface area contributed by atoms with Crippen LogP contribution >= 0.6 is 0 Å². The monoisotopic (exact) mass is 263 g/mol. The molecule has 0 aliphatic carbocycles. The van der Waals surface area contributed by atoms with Crippen LogP contribution in [0, 0.1) is 5.41 Å². The van der Waals surface area contributed by atoms with Gasteiger partial charge in [0.15, 0.2) is 0 Å². The van der Waals surface area contributed by atoms with E-state index in [2.05, 4.69) is 0 Å². The number of nitrogens with one attached hydrogen (secondary N) is 2. The van der Waals surface area contributed by atoms with Gasteiger partial charge in [-0.15, -0.1) is 0 Å². The molecule has 5 nitrogen and oxygen atoms in total. The molecule has 0 fully saturated rings. The van der Waals surface area contributed by atoms with Crippen LogP contribution in [0.25, 0.3) is 0 Å². The topological polar surface area (TPSA) is 96.0 Å². The maximum Gasteiger partial charge on any atom is 0.350 e. The third-order valence-electron chi connectivity index (χ3n) is 1.95. The lowest BCUT2D eigenvalue weighted by Gasteiger charge is -2.06. The smallest absolute Gasteiger partial charge is 0.350 e. The lowest BCUT2D eigenvalue weighted by atomic mass is 10.1. The Labute approximate surface area is 97.2 Å². The molecule has 1 aromatic rings. The van der Waals surface area contributed by atoms with Gasteiger partial charge >= 0.3 is 5.76 Å². The fourth-order valence-corrected chi connectivity index (χ4v) is 1.59. The average molecular weight is 263 g/mol. The van der Waals surface area contributed by atoms with Crippen LogP contribution in [0.4, 0.5) is 8.78 Å². The van der Waals surface area contributed by atoms with E-state index >= 15 is 0 Å². The van der Waals surface area contributed by atoms with Crippen LogP contribution in [0.1, 0.15) is 11.1 Å². The molecule has 0 radical (unpaired) electrons. The Morgan fingerprint density at radius 1 is 1.47 bits per heavy atom. The highest BCUT2D eigenvalue weighted by Gasteiger charge is 2.22. The van der Waals surface area contributed by atoms with E-state index in [4.69, 9.17) is 11.1 Å². The summed E-state index contributed by atoms with van der Waals surface area (Å²) in [4.78, 5) is 0. The van der Waals surface area contributed by atoms with Gasteiger partial charge in [0.2, 0.25) is 0 Å². The van der Waals surface area contributed by atoms with Crippen molar-refractivity contribution in [3.63, 3.8) is 0 Å². The van der Waals surface area contributed by atoms with Crippen LogP contribution in [0.2, 0.25) is 0 Å². The molecular formula is C9H11F2N3O2S. The van der Waals surface area contributed by atoms with Gasteiger partial charge in [-0.25, -0.2) is 13.1 Å². The maximum absolute atomic E-state index is 12.0. The third-order valence-corrected chi connectivity index (χ3v) is 2.97. The van der Waals surface area contributed by atoms with Crippen molar-refractivity contribution in [2.45, 2.75) is 12.3 Å². The Morgan fingerprint density at radius 3 is 2.65 bits per heavy atom. The number of halogens is 2. The third kappa shape index (κ3) is 3.75. The highest BCUT2D eigenvalue weighted by molar-refractivity contribution is 7.89. The second kappa shape index (κ2) is 5.19. The fraction of sp³-hybridized carbons (Fsp3) is 0.222. The quantitative estimate of drug-likeness (QED) is 0.536. The predicted molar refractivity (Wildman–Crippen MR) is 59.2 cm³/mol. The van der Waals surface area contributed by atoms with Crippen molar-refractivity contribution in [2.75, 3.05) is 0 Å². The van der Waals surface area contributed by atoms with Gasteiger partial charge in [0.05, 0.1) is 0 Å². The van der Waals surface area contributed by atoms with E-state index < -0.39 is 15.8 Å². The number of rotatable bonds is 5. The number of alkyl halides is 2.